The first kappa shape index (κ1) is 22.8. The minimum atomic E-state index is -3.97. The summed E-state index contributed by atoms with van der Waals surface area (Å²) in [6.07, 6.45) is 5.16. The first-order chi connectivity index (χ1) is 15.8. The Balaban J connectivity index is 1.70. The average Bonchev–Trinajstić information content (AvgIpc) is 2.83. The zero-order valence-electron chi connectivity index (χ0n) is 18.6. The number of piperidine rings is 1. The van der Waals surface area contributed by atoms with Gasteiger partial charge in [-0.3, -0.25) is 14.3 Å². The number of rotatable bonds is 6. The second kappa shape index (κ2) is 9.27. The van der Waals surface area contributed by atoms with E-state index in [1.165, 1.54) is 31.5 Å². The lowest BCUT2D eigenvalue weighted by Crippen LogP contribution is -2.44. The molecule has 33 heavy (non-hydrogen) atoms. The number of methoxy groups -OCH3 is 1. The zero-order valence-corrected chi connectivity index (χ0v) is 19.4. The summed E-state index contributed by atoms with van der Waals surface area (Å²) >= 11 is 0. The van der Waals surface area contributed by atoms with Gasteiger partial charge in [0, 0.05) is 35.8 Å². The molecule has 0 bridgehead atoms. The van der Waals surface area contributed by atoms with E-state index in [2.05, 4.69) is 9.71 Å². The average molecular weight is 470 g/mol. The summed E-state index contributed by atoms with van der Waals surface area (Å²) in [5, 5.41) is 0.152. The molecule has 0 radical (unpaired) electrons. The van der Waals surface area contributed by atoms with Gasteiger partial charge >= 0.3 is 0 Å². The maximum atomic E-state index is 13.2. The molecular weight excluding hydrogens is 442 g/mol. The number of hydrogen-bond donors (Lipinski definition) is 2. The van der Waals surface area contributed by atoms with E-state index < -0.39 is 15.5 Å². The summed E-state index contributed by atoms with van der Waals surface area (Å²) < 4.78 is 33.6. The fraction of sp³-hybridized carbons (Fsp3) is 0.333. The van der Waals surface area contributed by atoms with Crippen LogP contribution in [0.25, 0.3) is 10.9 Å². The van der Waals surface area contributed by atoms with Gasteiger partial charge in [-0.15, -0.1) is 0 Å². The third-order valence-corrected chi connectivity index (χ3v) is 7.45. The molecule has 1 amide bonds. The van der Waals surface area contributed by atoms with Crippen LogP contribution >= 0.6 is 0 Å². The van der Waals surface area contributed by atoms with Crippen LogP contribution in [0, 0.1) is 0 Å². The number of aromatic amines is 1. The molecule has 8 nitrogen and oxygen atoms in total. The SMILES string of the molecule is CC[C@H]1CCCCN1C(=O)c1c[nH]c2ccc(S(=O)(=O)Nc3cccc(OC)c3)cc2c1=O. The van der Waals surface area contributed by atoms with E-state index >= 15 is 0 Å². The minimum Gasteiger partial charge on any atom is -0.497 e. The lowest BCUT2D eigenvalue weighted by Gasteiger charge is -2.35. The third kappa shape index (κ3) is 4.59. The summed E-state index contributed by atoms with van der Waals surface area (Å²) in [5.74, 6) is 0.198. The number of carbonyl (C=O) groups is 1. The molecule has 4 rings (SSSR count). The zero-order chi connectivity index (χ0) is 23.6. The molecule has 2 heterocycles. The van der Waals surface area contributed by atoms with Gasteiger partial charge in [0.2, 0.25) is 5.43 Å². The molecule has 1 atom stereocenters. The molecule has 0 spiro atoms. The van der Waals surface area contributed by atoms with Gasteiger partial charge in [-0.2, -0.15) is 0 Å². The number of amides is 1. The van der Waals surface area contributed by atoms with Crippen LogP contribution in [0.1, 0.15) is 43.0 Å². The van der Waals surface area contributed by atoms with E-state index in [1.807, 2.05) is 6.92 Å². The number of H-pyrrole nitrogens is 1. The highest BCUT2D eigenvalue weighted by molar-refractivity contribution is 7.92. The molecule has 1 aliphatic heterocycles. The van der Waals surface area contributed by atoms with Gasteiger partial charge in [0.25, 0.3) is 15.9 Å². The molecule has 2 aromatic carbocycles. The molecule has 174 valence electrons. The van der Waals surface area contributed by atoms with Crippen molar-refractivity contribution in [3.63, 3.8) is 0 Å². The van der Waals surface area contributed by atoms with Crippen LogP contribution in [-0.2, 0) is 10.0 Å². The summed E-state index contributed by atoms with van der Waals surface area (Å²) in [4.78, 5) is 31.1. The smallest absolute Gasteiger partial charge is 0.261 e. The Kier molecular flexibility index (Phi) is 6.42. The number of likely N-dealkylation sites (tertiary alicyclic amines) is 1. The van der Waals surface area contributed by atoms with E-state index in [1.54, 1.807) is 29.2 Å². The van der Waals surface area contributed by atoms with Gasteiger partial charge in [0.05, 0.1) is 17.7 Å². The van der Waals surface area contributed by atoms with Crippen LogP contribution in [-0.4, -0.2) is 43.9 Å². The number of nitrogens with one attached hydrogen (secondary N) is 2. The van der Waals surface area contributed by atoms with Gasteiger partial charge in [0.1, 0.15) is 11.3 Å². The quantitative estimate of drug-likeness (QED) is 0.572. The van der Waals surface area contributed by atoms with Crippen molar-refractivity contribution in [2.75, 3.05) is 18.4 Å². The van der Waals surface area contributed by atoms with Crippen LogP contribution in [0.3, 0.4) is 0 Å². The number of aromatic nitrogens is 1. The molecule has 1 aliphatic rings. The van der Waals surface area contributed by atoms with Gasteiger partial charge in [0.15, 0.2) is 0 Å². The van der Waals surface area contributed by atoms with Gasteiger partial charge in [-0.1, -0.05) is 13.0 Å². The Labute approximate surface area is 192 Å². The number of pyridine rings is 1. The Morgan fingerprint density at radius 3 is 2.79 bits per heavy atom. The molecule has 0 unspecified atom stereocenters. The van der Waals surface area contributed by atoms with Crippen LogP contribution in [0.4, 0.5) is 5.69 Å². The van der Waals surface area contributed by atoms with E-state index in [9.17, 15) is 18.0 Å². The number of hydrogen-bond acceptors (Lipinski definition) is 5. The maximum Gasteiger partial charge on any atom is 0.261 e. The number of benzene rings is 2. The Morgan fingerprint density at radius 1 is 1.21 bits per heavy atom. The third-order valence-electron chi connectivity index (χ3n) is 6.07. The lowest BCUT2D eigenvalue weighted by atomic mass is 9.99. The van der Waals surface area contributed by atoms with Crippen molar-refractivity contribution < 1.29 is 17.9 Å². The van der Waals surface area contributed by atoms with Crippen molar-refractivity contribution in [1.82, 2.24) is 9.88 Å². The Bertz CT molecular complexity index is 1350. The Hall–Kier alpha value is -3.33. The normalized spacial score (nSPS) is 16.5. The van der Waals surface area contributed by atoms with Crippen LogP contribution in [0.5, 0.6) is 5.75 Å². The number of fused-ring (bicyclic) bond motifs is 1. The minimum absolute atomic E-state index is 0.0261. The number of nitrogens with zero attached hydrogens (tertiary/aromatic N) is 1. The van der Waals surface area contributed by atoms with E-state index in [-0.39, 0.29) is 27.8 Å². The van der Waals surface area contributed by atoms with E-state index in [0.29, 0.717) is 23.5 Å². The van der Waals surface area contributed by atoms with Crippen molar-refractivity contribution in [2.45, 2.75) is 43.5 Å². The number of sulfonamides is 1. The highest BCUT2D eigenvalue weighted by atomic mass is 32.2. The van der Waals surface area contributed by atoms with Crippen molar-refractivity contribution in [1.29, 1.82) is 0 Å². The predicted molar refractivity (Wildman–Crippen MR) is 127 cm³/mol. The Morgan fingerprint density at radius 2 is 2.03 bits per heavy atom. The first-order valence-electron chi connectivity index (χ1n) is 11.0. The number of ether oxygens (including phenoxy) is 1. The fourth-order valence-electron chi connectivity index (χ4n) is 4.27. The molecule has 1 fully saturated rings. The van der Waals surface area contributed by atoms with Crippen molar-refractivity contribution in [2.24, 2.45) is 0 Å². The predicted octanol–water partition coefficient (Wildman–Crippen LogP) is 3.74. The summed E-state index contributed by atoms with van der Waals surface area (Å²) in [5.41, 5.74) is 0.344. The maximum absolute atomic E-state index is 13.2. The second-order valence-corrected chi connectivity index (χ2v) is 9.82. The molecule has 0 saturated carbocycles. The molecule has 0 aliphatic carbocycles. The van der Waals surface area contributed by atoms with Crippen LogP contribution in [0.15, 0.2) is 58.4 Å². The van der Waals surface area contributed by atoms with Gasteiger partial charge in [-0.25, -0.2) is 8.42 Å². The highest BCUT2D eigenvalue weighted by Crippen LogP contribution is 2.24. The van der Waals surface area contributed by atoms with Crippen molar-refractivity contribution in [3.05, 3.63) is 64.4 Å². The lowest BCUT2D eigenvalue weighted by molar-refractivity contribution is 0.0606. The summed E-state index contributed by atoms with van der Waals surface area (Å²) in [6, 6.07) is 10.9. The van der Waals surface area contributed by atoms with E-state index in [0.717, 1.165) is 25.7 Å². The summed E-state index contributed by atoms with van der Waals surface area (Å²) in [7, 11) is -2.47. The standard InChI is InChI=1S/C24H27N3O5S/c1-3-17-8-4-5-12-27(17)24(29)21-15-25-22-11-10-19(14-20(22)23(21)28)33(30,31)26-16-7-6-9-18(13-16)32-2/h6-7,9-11,13-15,17,26H,3-5,8,12H2,1-2H3,(H,25,28)/t17-/m0/s1. The fourth-order valence-corrected chi connectivity index (χ4v) is 5.35. The highest BCUT2D eigenvalue weighted by Gasteiger charge is 2.28. The monoisotopic (exact) mass is 469 g/mol. The van der Waals surface area contributed by atoms with Crippen LogP contribution in [0.2, 0.25) is 0 Å². The topological polar surface area (TPSA) is 109 Å². The first-order valence-corrected chi connectivity index (χ1v) is 12.5. The van der Waals surface area contributed by atoms with Gasteiger partial charge in [-0.05, 0) is 56.0 Å². The summed E-state index contributed by atoms with van der Waals surface area (Å²) in [6.45, 7) is 2.65. The molecule has 3 aromatic rings. The van der Waals surface area contributed by atoms with Gasteiger partial charge < -0.3 is 14.6 Å². The second-order valence-electron chi connectivity index (χ2n) is 8.13. The molecular formula is C24H27N3O5S. The molecule has 2 N–H and O–H groups in total. The number of carbonyl (C=O) groups excluding carboxylic acids is 1. The molecule has 1 saturated heterocycles. The number of anilines is 1. The van der Waals surface area contributed by atoms with Crippen molar-refractivity contribution in [3.8, 4) is 5.75 Å². The largest absolute Gasteiger partial charge is 0.497 e. The van der Waals surface area contributed by atoms with Crippen LogP contribution < -0.4 is 14.9 Å². The molecule has 9 heteroatoms. The molecule has 1 aromatic heterocycles. The van der Waals surface area contributed by atoms with Crippen molar-refractivity contribution >= 4 is 32.5 Å². The van der Waals surface area contributed by atoms with E-state index in [4.69, 9.17) is 4.74 Å².